The van der Waals surface area contributed by atoms with Crippen molar-refractivity contribution in [3.05, 3.63) is 0 Å². The van der Waals surface area contributed by atoms with Gasteiger partial charge in [0.1, 0.15) is 6.04 Å². The molecule has 104 valence electrons. The minimum Gasteiger partial charge on any atom is -0.480 e. The Morgan fingerprint density at radius 3 is 2.67 bits per heavy atom. The van der Waals surface area contributed by atoms with E-state index in [0.717, 1.165) is 31.7 Å². The summed E-state index contributed by atoms with van der Waals surface area (Å²) in [4.78, 5) is 22.8. The third-order valence-corrected chi connectivity index (χ3v) is 3.82. The van der Waals surface area contributed by atoms with Crippen LogP contribution < -0.4 is 10.6 Å². The first-order valence-electron chi connectivity index (χ1n) is 6.35. The molecule has 0 aromatic rings. The second-order valence-corrected chi connectivity index (χ2v) is 5.62. The van der Waals surface area contributed by atoms with Crippen LogP contribution in [0.2, 0.25) is 0 Å². The van der Waals surface area contributed by atoms with Crippen LogP contribution in [0.5, 0.6) is 0 Å². The molecule has 1 fully saturated rings. The molecule has 1 saturated heterocycles. The van der Waals surface area contributed by atoms with Crippen molar-refractivity contribution < 1.29 is 14.7 Å². The van der Waals surface area contributed by atoms with E-state index in [9.17, 15) is 9.59 Å². The molecule has 6 heteroatoms. The van der Waals surface area contributed by atoms with E-state index in [1.54, 1.807) is 11.8 Å². The Hall–Kier alpha value is -0.750. The van der Waals surface area contributed by atoms with Crippen molar-refractivity contribution in [1.82, 2.24) is 10.6 Å². The van der Waals surface area contributed by atoms with Gasteiger partial charge in [0.2, 0.25) is 5.91 Å². The molecule has 1 atom stereocenters. The normalized spacial score (nSPS) is 18.3. The number of nitrogens with one attached hydrogen (secondary N) is 2. The number of carbonyl (C=O) groups excluding carboxylic acids is 1. The number of aliphatic carboxylic acids is 1. The minimum atomic E-state index is -0.942. The van der Waals surface area contributed by atoms with Crippen molar-refractivity contribution in [3.63, 3.8) is 0 Å². The molecule has 1 rings (SSSR count). The van der Waals surface area contributed by atoms with Crippen molar-refractivity contribution in [2.45, 2.75) is 31.7 Å². The molecule has 0 aromatic carbocycles. The van der Waals surface area contributed by atoms with E-state index in [1.165, 1.54) is 0 Å². The summed E-state index contributed by atoms with van der Waals surface area (Å²) >= 11 is 1.59. The number of carboxylic acids is 1. The molecule has 0 bridgehead atoms. The van der Waals surface area contributed by atoms with Gasteiger partial charge >= 0.3 is 5.97 Å². The van der Waals surface area contributed by atoms with Gasteiger partial charge in [0.05, 0.1) is 0 Å². The fraction of sp³-hybridized carbons (Fsp3) is 0.833. The minimum absolute atomic E-state index is 0.129. The number of carbonyl (C=O) groups is 2. The second kappa shape index (κ2) is 8.37. The van der Waals surface area contributed by atoms with Crippen LogP contribution in [0.1, 0.15) is 25.7 Å². The van der Waals surface area contributed by atoms with Crippen molar-refractivity contribution in [1.29, 1.82) is 0 Å². The van der Waals surface area contributed by atoms with E-state index < -0.39 is 12.0 Å². The number of thioether (sulfide) groups is 1. The molecule has 0 aromatic heterocycles. The van der Waals surface area contributed by atoms with Gasteiger partial charge in [0.25, 0.3) is 0 Å². The Morgan fingerprint density at radius 1 is 1.44 bits per heavy atom. The molecule has 5 nitrogen and oxygen atoms in total. The summed E-state index contributed by atoms with van der Waals surface area (Å²) in [7, 11) is 0. The van der Waals surface area contributed by atoms with Crippen LogP contribution in [-0.4, -0.2) is 48.1 Å². The maximum Gasteiger partial charge on any atom is 0.326 e. The van der Waals surface area contributed by atoms with Gasteiger partial charge in [-0.2, -0.15) is 11.8 Å². The van der Waals surface area contributed by atoms with Crippen LogP contribution >= 0.6 is 11.8 Å². The fourth-order valence-electron chi connectivity index (χ4n) is 2.09. The predicted octanol–water partition coefficient (Wildman–Crippen LogP) is 0.699. The van der Waals surface area contributed by atoms with Gasteiger partial charge in [-0.25, -0.2) is 4.79 Å². The maximum absolute atomic E-state index is 11.8. The summed E-state index contributed by atoms with van der Waals surface area (Å²) < 4.78 is 0. The quantitative estimate of drug-likeness (QED) is 0.637. The molecule has 1 unspecified atom stereocenters. The van der Waals surface area contributed by atoms with Crippen molar-refractivity contribution in [2.75, 3.05) is 25.1 Å². The predicted molar refractivity (Wildman–Crippen MR) is 72.8 cm³/mol. The van der Waals surface area contributed by atoms with E-state index in [1.807, 2.05) is 6.26 Å². The molecule has 1 aliphatic heterocycles. The first-order chi connectivity index (χ1) is 8.63. The van der Waals surface area contributed by atoms with Crippen molar-refractivity contribution in [3.8, 4) is 0 Å². The van der Waals surface area contributed by atoms with Gasteiger partial charge in [-0.3, -0.25) is 4.79 Å². The van der Waals surface area contributed by atoms with E-state index in [4.69, 9.17) is 5.11 Å². The lowest BCUT2D eigenvalue weighted by atomic mass is 9.94. The van der Waals surface area contributed by atoms with Gasteiger partial charge in [-0.15, -0.1) is 0 Å². The van der Waals surface area contributed by atoms with E-state index >= 15 is 0 Å². The zero-order valence-electron chi connectivity index (χ0n) is 10.8. The summed E-state index contributed by atoms with van der Waals surface area (Å²) in [5.74, 6) is 0.0595. The van der Waals surface area contributed by atoms with Crippen LogP contribution in [0, 0.1) is 5.92 Å². The Kier molecular flexibility index (Phi) is 7.12. The van der Waals surface area contributed by atoms with Gasteiger partial charge in [-0.05, 0) is 50.3 Å². The highest BCUT2D eigenvalue weighted by Gasteiger charge is 2.22. The topological polar surface area (TPSA) is 78.4 Å². The lowest BCUT2D eigenvalue weighted by Gasteiger charge is -2.23. The van der Waals surface area contributed by atoms with Crippen LogP contribution in [0.15, 0.2) is 0 Å². The second-order valence-electron chi connectivity index (χ2n) is 4.64. The largest absolute Gasteiger partial charge is 0.480 e. The smallest absolute Gasteiger partial charge is 0.326 e. The SMILES string of the molecule is CSCCC(NC(=O)CC1CCNCC1)C(=O)O. The molecule has 0 spiro atoms. The number of piperidine rings is 1. The van der Waals surface area contributed by atoms with E-state index in [0.29, 0.717) is 18.8 Å². The zero-order valence-corrected chi connectivity index (χ0v) is 11.6. The molecule has 1 amide bonds. The Labute approximate surface area is 112 Å². The van der Waals surface area contributed by atoms with Crippen molar-refractivity contribution in [2.24, 2.45) is 5.92 Å². The fourth-order valence-corrected chi connectivity index (χ4v) is 2.57. The molecule has 0 radical (unpaired) electrons. The molecule has 0 aliphatic carbocycles. The highest BCUT2D eigenvalue weighted by molar-refractivity contribution is 7.98. The molecular formula is C12H22N2O3S. The molecule has 18 heavy (non-hydrogen) atoms. The maximum atomic E-state index is 11.8. The molecular weight excluding hydrogens is 252 g/mol. The third kappa shape index (κ3) is 5.73. The summed E-state index contributed by atoms with van der Waals surface area (Å²) in [5, 5.41) is 14.9. The van der Waals surface area contributed by atoms with E-state index in [-0.39, 0.29) is 5.91 Å². The third-order valence-electron chi connectivity index (χ3n) is 3.18. The Bertz CT molecular complexity index is 280. The summed E-state index contributed by atoms with van der Waals surface area (Å²) in [6.45, 7) is 1.90. The van der Waals surface area contributed by atoms with Crippen molar-refractivity contribution >= 4 is 23.6 Å². The highest BCUT2D eigenvalue weighted by atomic mass is 32.2. The summed E-state index contributed by atoms with van der Waals surface area (Å²) in [6.07, 6.45) is 4.85. The van der Waals surface area contributed by atoms with Gasteiger partial charge in [0, 0.05) is 6.42 Å². The van der Waals surface area contributed by atoms with Crippen LogP contribution in [0.3, 0.4) is 0 Å². The van der Waals surface area contributed by atoms with Crippen LogP contribution in [0.25, 0.3) is 0 Å². The standard InChI is InChI=1S/C12H22N2O3S/c1-18-7-4-10(12(16)17)14-11(15)8-9-2-5-13-6-3-9/h9-10,13H,2-8H2,1H3,(H,14,15)(H,16,17). The molecule has 1 aliphatic rings. The average Bonchev–Trinajstić information content (AvgIpc) is 2.35. The molecule has 3 N–H and O–H groups in total. The Morgan fingerprint density at radius 2 is 2.11 bits per heavy atom. The Balaban J connectivity index is 2.32. The monoisotopic (exact) mass is 274 g/mol. The summed E-state index contributed by atoms with van der Waals surface area (Å²) in [5.41, 5.74) is 0. The number of rotatable bonds is 7. The number of amides is 1. The highest BCUT2D eigenvalue weighted by Crippen LogP contribution is 2.15. The average molecular weight is 274 g/mol. The lowest BCUT2D eigenvalue weighted by molar-refractivity contribution is -0.142. The first-order valence-corrected chi connectivity index (χ1v) is 7.74. The number of hydrogen-bond donors (Lipinski definition) is 3. The number of hydrogen-bond acceptors (Lipinski definition) is 4. The first kappa shape index (κ1) is 15.3. The van der Waals surface area contributed by atoms with Crippen LogP contribution in [-0.2, 0) is 9.59 Å². The van der Waals surface area contributed by atoms with E-state index in [2.05, 4.69) is 10.6 Å². The molecule has 0 saturated carbocycles. The zero-order chi connectivity index (χ0) is 13.4. The summed E-state index contributed by atoms with van der Waals surface area (Å²) in [6, 6.07) is -0.744. The van der Waals surface area contributed by atoms with Crippen LogP contribution in [0.4, 0.5) is 0 Å². The van der Waals surface area contributed by atoms with Gasteiger partial charge in [-0.1, -0.05) is 0 Å². The lowest BCUT2D eigenvalue weighted by Crippen LogP contribution is -2.42. The van der Waals surface area contributed by atoms with Gasteiger partial charge in [0.15, 0.2) is 0 Å². The van der Waals surface area contributed by atoms with Gasteiger partial charge < -0.3 is 15.7 Å². The molecule has 1 heterocycles. The number of carboxylic acid groups (broad SMARTS) is 1.